The number of aromatic nitrogens is 4. The largest absolute Gasteiger partial charge is 0.493 e. The number of methoxy groups -OCH3 is 1. The number of tetrazole rings is 1. The second-order valence-electron chi connectivity index (χ2n) is 6.91. The molecule has 3 aromatic rings. The molecule has 1 heterocycles. The Bertz CT molecular complexity index is 1040. The van der Waals surface area contributed by atoms with Gasteiger partial charge in [0.15, 0.2) is 18.1 Å². The number of nitrogens with one attached hydrogen (secondary N) is 2. The highest BCUT2D eigenvalue weighted by Crippen LogP contribution is 2.33. The number of rotatable bonds is 11. The molecule has 1 aromatic heterocycles. The Morgan fingerprint density at radius 2 is 2.00 bits per heavy atom. The Morgan fingerprint density at radius 3 is 2.69 bits per heavy atom. The van der Waals surface area contributed by atoms with E-state index in [2.05, 4.69) is 26.2 Å². The zero-order valence-corrected chi connectivity index (χ0v) is 19.7. The predicted molar refractivity (Wildman–Crippen MR) is 125 cm³/mol. The number of benzene rings is 2. The quantitative estimate of drug-likeness (QED) is 0.321. The number of ether oxygens (including phenoxy) is 2. The van der Waals surface area contributed by atoms with Crippen molar-refractivity contribution in [3.05, 3.63) is 52.5 Å². The molecule has 0 unspecified atom stereocenters. The first kappa shape index (κ1) is 23.8. The lowest BCUT2D eigenvalue weighted by Crippen LogP contribution is -2.20. The summed E-state index contributed by atoms with van der Waals surface area (Å²) in [7, 11) is 3.35. The molecule has 0 bridgehead atoms. The SMILES string of the molecule is COc1cc(CNCCSc2nnnn2C)c(Cl)cc1OCC(=O)Nc1ccc(C)cc1. The van der Waals surface area contributed by atoms with Gasteiger partial charge in [0.1, 0.15) is 0 Å². The molecule has 170 valence electrons. The fraction of sp³-hybridized carbons (Fsp3) is 0.333. The lowest BCUT2D eigenvalue weighted by molar-refractivity contribution is -0.118. The number of amides is 1. The van der Waals surface area contributed by atoms with Crippen molar-refractivity contribution in [1.29, 1.82) is 0 Å². The molecule has 1 amide bonds. The van der Waals surface area contributed by atoms with Gasteiger partial charge in [0, 0.05) is 42.7 Å². The number of carbonyl (C=O) groups is 1. The molecular weight excluding hydrogens is 452 g/mol. The molecule has 0 saturated carbocycles. The van der Waals surface area contributed by atoms with E-state index in [4.69, 9.17) is 21.1 Å². The fourth-order valence-corrected chi connectivity index (χ4v) is 3.71. The number of hydrogen-bond donors (Lipinski definition) is 2. The van der Waals surface area contributed by atoms with Gasteiger partial charge in [-0.15, -0.1) is 5.10 Å². The molecule has 0 fully saturated rings. The lowest BCUT2D eigenvalue weighted by atomic mass is 10.2. The van der Waals surface area contributed by atoms with Gasteiger partial charge in [0.2, 0.25) is 5.16 Å². The molecule has 11 heteroatoms. The van der Waals surface area contributed by atoms with Gasteiger partial charge in [0.05, 0.1) is 7.11 Å². The summed E-state index contributed by atoms with van der Waals surface area (Å²) in [6.07, 6.45) is 0. The van der Waals surface area contributed by atoms with E-state index < -0.39 is 0 Å². The van der Waals surface area contributed by atoms with Crippen LogP contribution in [-0.4, -0.2) is 52.1 Å². The minimum atomic E-state index is -0.270. The number of aryl methyl sites for hydroxylation is 2. The van der Waals surface area contributed by atoms with Crippen LogP contribution in [0.2, 0.25) is 5.02 Å². The van der Waals surface area contributed by atoms with Crippen LogP contribution in [-0.2, 0) is 18.4 Å². The molecule has 0 spiro atoms. The van der Waals surface area contributed by atoms with Crippen LogP contribution < -0.4 is 20.1 Å². The Labute approximate surface area is 195 Å². The number of carbonyl (C=O) groups excluding carboxylic acids is 1. The van der Waals surface area contributed by atoms with Crippen LogP contribution in [0.4, 0.5) is 5.69 Å². The number of hydrogen-bond acceptors (Lipinski definition) is 8. The van der Waals surface area contributed by atoms with Gasteiger partial charge in [-0.1, -0.05) is 41.1 Å². The minimum absolute atomic E-state index is 0.160. The van der Waals surface area contributed by atoms with E-state index in [-0.39, 0.29) is 12.5 Å². The summed E-state index contributed by atoms with van der Waals surface area (Å²) < 4.78 is 12.7. The Balaban J connectivity index is 1.49. The second-order valence-corrected chi connectivity index (χ2v) is 8.38. The van der Waals surface area contributed by atoms with Crippen molar-refractivity contribution in [1.82, 2.24) is 25.5 Å². The van der Waals surface area contributed by atoms with Crippen molar-refractivity contribution in [2.45, 2.75) is 18.6 Å². The Kier molecular flexibility index (Phi) is 8.72. The molecule has 32 heavy (non-hydrogen) atoms. The van der Waals surface area contributed by atoms with E-state index in [1.54, 1.807) is 36.7 Å². The number of halogens is 1. The topological polar surface area (TPSA) is 103 Å². The summed E-state index contributed by atoms with van der Waals surface area (Å²) in [6, 6.07) is 11.0. The Morgan fingerprint density at radius 1 is 1.22 bits per heavy atom. The van der Waals surface area contributed by atoms with Crippen LogP contribution in [0.15, 0.2) is 41.6 Å². The standard InChI is InChI=1S/C21H25ClN6O3S/c1-14-4-6-16(7-5-14)24-20(29)13-31-19-11-17(22)15(10-18(19)30-3)12-23-8-9-32-21-25-26-27-28(21)2/h4-7,10-11,23H,8-9,12-13H2,1-3H3,(H,24,29). The molecule has 0 radical (unpaired) electrons. The molecule has 9 nitrogen and oxygen atoms in total. The molecule has 2 aromatic carbocycles. The highest BCUT2D eigenvalue weighted by Gasteiger charge is 2.13. The van der Waals surface area contributed by atoms with Crippen molar-refractivity contribution >= 4 is 35.0 Å². The predicted octanol–water partition coefficient (Wildman–Crippen LogP) is 3.08. The van der Waals surface area contributed by atoms with Gasteiger partial charge in [-0.05, 0) is 41.1 Å². The highest BCUT2D eigenvalue weighted by atomic mass is 35.5. The monoisotopic (exact) mass is 476 g/mol. The molecule has 0 saturated heterocycles. The minimum Gasteiger partial charge on any atom is -0.493 e. The fourth-order valence-electron chi connectivity index (χ4n) is 2.74. The zero-order valence-electron chi connectivity index (χ0n) is 18.1. The summed E-state index contributed by atoms with van der Waals surface area (Å²) in [6.45, 7) is 3.13. The van der Waals surface area contributed by atoms with Crippen LogP contribution in [0.5, 0.6) is 11.5 Å². The van der Waals surface area contributed by atoms with E-state index in [1.165, 1.54) is 0 Å². The molecule has 0 aliphatic rings. The molecular formula is C21H25ClN6O3S. The smallest absolute Gasteiger partial charge is 0.262 e. The average molecular weight is 477 g/mol. The van der Waals surface area contributed by atoms with Crippen molar-refractivity contribution in [3.8, 4) is 11.5 Å². The normalized spacial score (nSPS) is 10.8. The van der Waals surface area contributed by atoms with Crippen molar-refractivity contribution in [3.63, 3.8) is 0 Å². The van der Waals surface area contributed by atoms with E-state index in [1.807, 2.05) is 37.3 Å². The third kappa shape index (κ3) is 6.84. The summed E-state index contributed by atoms with van der Waals surface area (Å²) in [5.41, 5.74) is 2.70. The van der Waals surface area contributed by atoms with Crippen LogP contribution >= 0.6 is 23.4 Å². The van der Waals surface area contributed by atoms with Crippen molar-refractivity contribution in [2.24, 2.45) is 7.05 Å². The Hall–Kier alpha value is -2.82. The lowest BCUT2D eigenvalue weighted by Gasteiger charge is -2.14. The third-order valence-electron chi connectivity index (χ3n) is 4.43. The second kappa shape index (κ2) is 11.7. The van der Waals surface area contributed by atoms with Gasteiger partial charge in [0.25, 0.3) is 5.91 Å². The molecule has 3 rings (SSSR count). The van der Waals surface area contributed by atoms with E-state index in [9.17, 15) is 4.79 Å². The van der Waals surface area contributed by atoms with Gasteiger partial charge in [-0.3, -0.25) is 4.79 Å². The van der Waals surface area contributed by atoms with Gasteiger partial charge < -0.3 is 20.1 Å². The van der Waals surface area contributed by atoms with E-state index in [0.29, 0.717) is 28.8 Å². The molecule has 0 aliphatic carbocycles. The molecule has 0 aliphatic heterocycles. The van der Waals surface area contributed by atoms with Crippen LogP contribution in [0, 0.1) is 6.92 Å². The highest BCUT2D eigenvalue weighted by molar-refractivity contribution is 7.99. The summed E-state index contributed by atoms with van der Waals surface area (Å²) in [5, 5.41) is 18.8. The maximum Gasteiger partial charge on any atom is 0.262 e. The first-order valence-corrected chi connectivity index (χ1v) is 11.2. The van der Waals surface area contributed by atoms with Crippen molar-refractivity contribution in [2.75, 3.05) is 31.3 Å². The summed E-state index contributed by atoms with van der Waals surface area (Å²) >= 11 is 7.98. The zero-order chi connectivity index (χ0) is 22.9. The first-order chi connectivity index (χ1) is 15.5. The number of anilines is 1. The first-order valence-electron chi connectivity index (χ1n) is 9.88. The van der Waals surface area contributed by atoms with Gasteiger partial charge in [-0.2, -0.15) is 0 Å². The molecule has 2 N–H and O–H groups in total. The van der Waals surface area contributed by atoms with Crippen LogP contribution in [0.25, 0.3) is 0 Å². The average Bonchev–Trinajstić information content (AvgIpc) is 3.19. The maximum atomic E-state index is 12.2. The van der Waals surface area contributed by atoms with Crippen LogP contribution in [0.3, 0.4) is 0 Å². The van der Waals surface area contributed by atoms with Crippen LogP contribution in [0.1, 0.15) is 11.1 Å². The molecule has 0 atom stereocenters. The van der Waals surface area contributed by atoms with Gasteiger partial charge >= 0.3 is 0 Å². The summed E-state index contributed by atoms with van der Waals surface area (Å²) in [4.78, 5) is 12.2. The maximum absolute atomic E-state index is 12.2. The number of nitrogens with zero attached hydrogens (tertiary/aromatic N) is 4. The van der Waals surface area contributed by atoms with Gasteiger partial charge in [-0.25, -0.2) is 4.68 Å². The number of thioether (sulfide) groups is 1. The third-order valence-corrected chi connectivity index (χ3v) is 5.80. The van der Waals surface area contributed by atoms with Crippen molar-refractivity contribution < 1.29 is 14.3 Å². The van der Waals surface area contributed by atoms with E-state index >= 15 is 0 Å². The van der Waals surface area contributed by atoms with E-state index in [0.717, 1.165) is 28.6 Å². The summed E-state index contributed by atoms with van der Waals surface area (Å²) in [5.74, 6) is 1.45.